The molecule has 0 aromatic rings. The average Bonchev–Trinajstić information content (AvgIpc) is 1.99. The van der Waals surface area contributed by atoms with Gasteiger partial charge in [-0.05, 0) is 38.0 Å². The van der Waals surface area contributed by atoms with E-state index in [1.807, 2.05) is 6.92 Å². The van der Waals surface area contributed by atoms with Gasteiger partial charge in [-0.25, -0.2) is 13.6 Å². The maximum atomic E-state index is 11.3. The van der Waals surface area contributed by atoms with Crippen molar-refractivity contribution < 1.29 is 13.2 Å². The molecule has 0 saturated heterocycles. The van der Waals surface area contributed by atoms with Gasteiger partial charge in [-0.15, -0.1) is 0 Å². The number of ether oxygens (including phenoxy) is 1. The van der Waals surface area contributed by atoms with Crippen LogP contribution in [0, 0.1) is 0 Å². The lowest BCUT2D eigenvalue weighted by Gasteiger charge is -2.31. The van der Waals surface area contributed by atoms with Crippen LogP contribution in [0.15, 0.2) is 22.1 Å². The molecule has 0 amide bonds. The van der Waals surface area contributed by atoms with E-state index in [4.69, 9.17) is 9.88 Å². The number of hydrogen-bond donors (Lipinski definition) is 1. The van der Waals surface area contributed by atoms with E-state index in [0.717, 1.165) is 5.57 Å². The fraction of sp³-hybridized carbons (Fsp3) is 0.600. The molecule has 5 heteroatoms. The average molecular weight is 231 g/mol. The van der Waals surface area contributed by atoms with Gasteiger partial charge in [0.25, 0.3) is 0 Å². The van der Waals surface area contributed by atoms with Crippen molar-refractivity contribution in [1.82, 2.24) is 0 Å². The molecule has 0 fully saturated rings. The molecule has 1 atom stereocenters. The topological polar surface area (TPSA) is 69.4 Å². The molecule has 4 nitrogen and oxygen atoms in total. The summed E-state index contributed by atoms with van der Waals surface area (Å²) in [6.07, 6.45) is 2.35. The van der Waals surface area contributed by atoms with Crippen molar-refractivity contribution in [3.8, 4) is 0 Å². The van der Waals surface area contributed by atoms with Crippen molar-refractivity contribution in [3.63, 3.8) is 0 Å². The Morgan fingerprint density at radius 2 is 2.00 bits per heavy atom. The maximum Gasteiger partial charge on any atom is 0.238 e. The van der Waals surface area contributed by atoms with Crippen LogP contribution in [0.25, 0.3) is 0 Å². The molecule has 1 aliphatic carbocycles. The monoisotopic (exact) mass is 231 g/mol. The van der Waals surface area contributed by atoms with E-state index in [2.05, 4.69) is 0 Å². The molecule has 1 unspecified atom stereocenters. The van der Waals surface area contributed by atoms with Crippen LogP contribution in [0.5, 0.6) is 0 Å². The van der Waals surface area contributed by atoms with Crippen LogP contribution >= 0.6 is 0 Å². The minimum absolute atomic E-state index is 0.247. The lowest BCUT2D eigenvalue weighted by Crippen LogP contribution is -2.31. The van der Waals surface area contributed by atoms with Gasteiger partial charge in [0.05, 0.1) is 10.5 Å². The second-order valence-electron chi connectivity index (χ2n) is 4.18. The van der Waals surface area contributed by atoms with Crippen molar-refractivity contribution in [2.24, 2.45) is 5.14 Å². The second kappa shape index (κ2) is 3.73. The summed E-state index contributed by atoms with van der Waals surface area (Å²) < 4.78 is 28.0. The third-order valence-electron chi connectivity index (χ3n) is 2.63. The van der Waals surface area contributed by atoms with Crippen molar-refractivity contribution in [3.05, 3.63) is 22.1 Å². The van der Waals surface area contributed by atoms with Crippen molar-refractivity contribution in [1.29, 1.82) is 0 Å². The van der Waals surface area contributed by atoms with Gasteiger partial charge in [0, 0.05) is 13.5 Å². The highest BCUT2D eigenvalue weighted by Crippen LogP contribution is 2.34. The molecule has 2 N–H and O–H groups in total. The molecular weight excluding hydrogens is 214 g/mol. The number of nitrogens with two attached hydrogens (primary N) is 1. The third kappa shape index (κ3) is 2.48. The van der Waals surface area contributed by atoms with Crippen LogP contribution in [-0.4, -0.2) is 21.1 Å². The smallest absolute Gasteiger partial charge is 0.238 e. The quantitative estimate of drug-likeness (QED) is 0.779. The minimum atomic E-state index is -3.63. The molecular formula is C10H17NO3S. The van der Waals surface area contributed by atoms with Crippen LogP contribution in [0.4, 0.5) is 0 Å². The fourth-order valence-corrected chi connectivity index (χ4v) is 3.18. The Hall–Kier alpha value is -0.650. The van der Waals surface area contributed by atoms with E-state index < -0.39 is 15.6 Å². The predicted octanol–water partition coefficient (Wildman–Crippen LogP) is 1.30. The minimum Gasteiger partial charge on any atom is -0.374 e. The Morgan fingerprint density at radius 3 is 2.33 bits per heavy atom. The van der Waals surface area contributed by atoms with Crippen molar-refractivity contribution in [2.75, 3.05) is 7.11 Å². The molecule has 1 aliphatic rings. The van der Waals surface area contributed by atoms with E-state index in [-0.39, 0.29) is 4.91 Å². The summed E-state index contributed by atoms with van der Waals surface area (Å²) in [5.74, 6) is 0. The number of rotatable bonds is 2. The van der Waals surface area contributed by atoms with Gasteiger partial charge < -0.3 is 4.74 Å². The summed E-state index contributed by atoms with van der Waals surface area (Å²) in [7, 11) is -2.02. The fourth-order valence-electron chi connectivity index (χ4n) is 2.12. The summed E-state index contributed by atoms with van der Waals surface area (Å²) in [6, 6.07) is 0. The van der Waals surface area contributed by atoms with Crippen LogP contribution < -0.4 is 5.14 Å². The lowest BCUT2D eigenvalue weighted by molar-refractivity contribution is 0.0473. The largest absolute Gasteiger partial charge is 0.374 e. The Labute approximate surface area is 90.9 Å². The van der Waals surface area contributed by atoms with Gasteiger partial charge in [-0.1, -0.05) is 0 Å². The molecule has 0 spiro atoms. The normalized spacial score (nSPS) is 27.9. The van der Waals surface area contributed by atoms with E-state index in [1.165, 1.54) is 0 Å². The van der Waals surface area contributed by atoms with Gasteiger partial charge in [-0.3, -0.25) is 0 Å². The molecule has 86 valence electrons. The Kier molecular flexibility index (Phi) is 3.09. The molecule has 0 heterocycles. The highest BCUT2D eigenvalue weighted by Gasteiger charge is 2.31. The van der Waals surface area contributed by atoms with Gasteiger partial charge in [0.15, 0.2) is 0 Å². The third-order valence-corrected chi connectivity index (χ3v) is 3.87. The van der Waals surface area contributed by atoms with Gasteiger partial charge in [0.2, 0.25) is 10.0 Å². The van der Waals surface area contributed by atoms with E-state index in [9.17, 15) is 8.42 Å². The molecule has 15 heavy (non-hydrogen) atoms. The number of sulfonamides is 1. The van der Waals surface area contributed by atoms with Crippen molar-refractivity contribution >= 4 is 10.0 Å². The van der Waals surface area contributed by atoms with Crippen LogP contribution in [0.3, 0.4) is 0 Å². The summed E-state index contributed by atoms with van der Waals surface area (Å²) in [4.78, 5) is 0.247. The zero-order chi connectivity index (χ0) is 11.9. The zero-order valence-corrected chi connectivity index (χ0v) is 10.3. The van der Waals surface area contributed by atoms with Crippen LogP contribution in [0.2, 0.25) is 0 Å². The predicted molar refractivity (Wildman–Crippen MR) is 59.6 cm³/mol. The summed E-state index contributed by atoms with van der Waals surface area (Å²) in [5, 5.41) is 5.15. The molecule has 0 saturated carbocycles. The Bertz CT molecular complexity index is 434. The molecule has 0 aliphatic heterocycles. The molecule has 0 radical (unpaired) electrons. The van der Waals surface area contributed by atoms with Crippen molar-refractivity contribution in [2.45, 2.75) is 32.8 Å². The van der Waals surface area contributed by atoms with Gasteiger partial charge in [0.1, 0.15) is 0 Å². The second-order valence-corrected chi connectivity index (χ2v) is 5.67. The molecule has 0 aromatic carbocycles. The lowest BCUT2D eigenvalue weighted by atomic mass is 9.89. The summed E-state index contributed by atoms with van der Waals surface area (Å²) in [5.41, 5.74) is 0.981. The van der Waals surface area contributed by atoms with E-state index in [0.29, 0.717) is 12.0 Å². The SMILES string of the molecule is COC1(C)C=C(C)C(S(N)(=O)=O)=C(C)C1. The maximum absolute atomic E-state index is 11.3. The molecule has 0 bridgehead atoms. The highest BCUT2D eigenvalue weighted by molar-refractivity contribution is 7.93. The first kappa shape index (κ1) is 12.4. The molecule has 1 rings (SSSR count). The van der Waals surface area contributed by atoms with Crippen LogP contribution in [0.1, 0.15) is 27.2 Å². The Morgan fingerprint density at radius 1 is 1.47 bits per heavy atom. The number of allylic oxidation sites excluding steroid dienone is 1. The van der Waals surface area contributed by atoms with E-state index in [1.54, 1.807) is 27.0 Å². The zero-order valence-electron chi connectivity index (χ0n) is 9.49. The first-order valence-electron chi connectivity index (χ1n) is 4.67. The molecule has 0 aromatic heterocycles. The van der Waals surface area contributed by atoms with Crippen LogP contribution in [-0.2, 0) is 14.8 Å². The summed E-state index contributed by atoms with van der Waals surface area (Å²) >= 11 is 0. The Balaban J connectivity index is 3.27. The van der Waals surface area contributed by atoms with Gasteiger partial charge in [-0.2, -0.15) is 0 Å². The standard InChI is InChI=1S/C10H17NO3S/c1-7-5-10(3,14-4)6-8(2)9(7)15(11,12)13/h5H,6H2,1-4H3,(H2,11,12,13). The van der Waals surface area contributed by atoms with Gasteiger partial charge >= 0.3 is 0 Å². The number of methoxy groups -OCH3 is 1. The number of primary sulfonamides is 1. The van der Waals surface area contributed by atoms with E-state index >= 15 is 0 Å². The first-order valence-corrected chi connectivity index (χ1v) is 6.22. The number of hydrogen-bond acceptors (Lipinski definition) is 3. The first-order chi connectivity index (χ1) is 6.69. The highest BCUT2D eigenvalue weighted by atomic mass is 32.2. The summed E-state index contributed by atoms with van der Waals surface area (Å²) in [6.45, 7) is 5.42.